The molecule has 110 valence electrons. The Balaban J connectivity index is 1.76. The Morgan fingerprint density at radius 3 is 3.00 bits per heavy atom. The molecule has 1 saturated heterocycles. The number of aliphatic hydroxyl groups is 1. The van der Waals surface area contributed by atoms with Crippen LogP contribution in [0, 0.1) is 6.92 Å². The first kappa shape index (κ1) is 14.8. The van der Waals surface area contributed by atoms with E-state index in [0.717, 1.165) is 17.9 Å². The molecule has 1 heterocycles. The smallest absolute Gasteiger partial charge is 0.221 e. The number of β-amino-alcohol motifs (C(OH)–C–C–N with tert-alkyl or cyclic N) is 1. The second-order valence-corrected chi connectivity index (χ2v) is 5.13. The van der Waals surface area contributed by atoms with Crippen LogP contribution in [-0.2, 0) is 4.79 Å². The van der Waals surface area contributed by atoms with Crippen LogP contribution in [0.4, 0.5) is 0 Å². The van der Waals surface area contributed by atoms with E-state index in [1.54, 1.807) is 0 Å². The first-order valence-electron chi connectivity index (χ1n) is 7.00. The number of carbonyl (C=O) groups excluding carboxylic acids is 1. The van der Waals surface area contributed by atoms with Crippen molar-refractivity contribution in [2.75, 3.05) is 32.8 Å². The first-order chi connectivity index (χ1) is 9.65. The molecule has 1 unspecified atom stereocenters. The SMILES string of the molecule is Cc1ccccc1OCC(O)CN1CCNC(=O)CC1. The van der Waals surface area contributed by atoms with E-state index in [4.69, 9.17) is 4.74 Å². The molecule has 1 amide bonds. The zero-order valence-electron chi connectivity index (χ0n) is 11.8. The maximum atomic E-state index is 11.2. The molecule has 1 aliphatic rings. The van der Waals surface area contributed by atoms with E-state index >= 15 is 0 Å². The summed E-state index contributed by atoms with van der Waals surface area (Å²) in [7, 11) is 0. The molecule has 1 atom stereocenters. The molecule has 1 aliphatic heterocycles. The monoisotopic (exact) mass is 278 g/mol. The number of amides is 1. The molecule has 0 bridgehead atoms. The molecule has 2 N–H and O–H groups in total. The van der Waals surface area contributed by atoms with Gasteiger partial charge in [0.15, 0.2) is 0 Å². The molecule has 0 saturated carbocycles. The summed E-state index contributed by atoms with van der Waals surface area (Å²) in [5.41, 5.74) is 1.06. The molecule has 5 heteroatoms. The lowest BCUT2D eigenvalue weighted by molar-refractivity contribution is -0.120. The van der Waals surface area contributed by atoms with Gasteiger partial charge in [-0.2, -0.15) is 0 Å². The third-order valence-electron chi connectivity index (χ3n) is 3.40. The number of nitrogens with one attached hydrogen (secondary N) is 1. The van der Waals surface area contributed by atoms with Crippen LogP contribution >= 0.6 is 0 Å². The lowest BCUT2D eigenvalue weighted by Crippen LogP contribution is -2.37. The number of hydrogen-bond donors (Lipinski definition) is 2. The average molecular weight is 278 g/mol. The van der Waals surface area contributed by atoms with Gasteiger partial charge < -0.3 is 15.2 Å². The van der Waals surface area contributed by atoms with E-state index in [2.05, 4.69) is 10.2 Å². The van der Waals surface area contributed by atoms with Crippen LogP contribution in [0.15, 0.2) is 24.3 Å². The largest absolute Gasteiger partial charge is 0.491 e. The number of para-hydroxylation sites is 1. The standard InChI is InChI=1S/C15H22N2O3/c1-12-4-2-3-5-14(12)20-11-13(18)10-17-8-6-15(19)16-7-9-17/h2-5,13,18H,6-11H2,1H3,(H,16,19). The Morgan fingerprint density at radius 1 is 1.40 bits per heavy atom. The van der Waals surface area contributed by atoms with Crippen LogP contribution in [0.2, 0.25) is 0 Å². The summed E-state index contributed by atoms with van der Waals surface area (Å²) in [5, 5.41) is 12.9. The highest BCUT2D eigenvalue weighted by molar-refractivity contribution is 5.76. The Kier molecular flexibility index (Phi) is 5.38. The molecular formula is C15H22N2O3. The molecule has 20 heavy (non-hydrogen) atoms. The topological polar surface area (TPSA) is 61.8 Å². The zero-order chi connectivity index (χ0) is 14.4. The normalized spacial score (nSPS) is 18.2. The number of ether oxygens (including phenoxy) is 1. The maximum absolute atomic E-state index is 11.2. The molecule has 2 rings (SSSR count). The minimum Gasteiger partial charge on any atom is -0.491 e. The van der Waals surface area contributed by atoms with Gasteiger partial charge in [0, 0.05) is 32.6 Å². The summed E-state index contributed by atoms with van der Waals surface area (Å²) < 4.78 is 5.63. The molecule has 0 spiro atoms. The minimum atomic E-state index is -0.553. The van der Waals surface area contributed by atoms with Gasteiger partial charge >= 0.3 is 0 Å². The van der Waals surface area contributed by atoms with E-state index in [0.29, 0.717) is 26.1 Å². The number of rotatable bonds is 5. The van der Waals surface area contributed by atoms with Crippen LogP contribution in [0.25, 0.3) is 0 Å². The van der Waals surface area contributed by atoms with E-state index < -0.39 is 6.10 Å². The second kappa shape index (κ2) is 7.26. The van der Waals surface area contributed by atoms with Crippen LogP contribution in [0.1, 0.15) is 12.0 Å². The highest BCUT2D eigenvalue weighted by Gasteiger charge is 2.17. The summed E-state index contributed by atoms with van der Waals surface area (Å²) in [4.78, 5) is 13.3. The number of aliphatic hydroxyl groups excluding tert-OH is 1. The van der Waals surface area contributed by atoms with Gasteiger partial charge in [0.1, 0.15) is 18.5 Å². The Labute approximate surface area is 119 Å². The summed E-state index contributed by atoms with van der Waals surface area (Å²) in [6.07, 6.45) is -0.0615. The average Bonchev–Trinajstić information content (AvgIpc) is 2.63. The lowest BCUT2D eigenvalue weighted by atomic mass is 10.2. The number of benzene rings is 1. The van der Waals surface area contributed by atoms with Gasteiger partial charge in [-0.1, -0.05) is 18.2 Å². The first-order valence-corrected chi connectivity index (χ1v) is 7.00. The van der Waals surface area contributed by atoms with Crippen molar-refractivity contribution in [3.63, 3.8) is 0 Å². The van der Waals surface area contributed by atoms with Crippen molar-refractivity contribution in [2.45, 2.75) is 19.4 Å². The number of carbonyl (C=O) groups is 1. The number of aryl methyl sites for hydroxylation is 1. The van der Waals surface area contributed by atoms with E-state index in [-0.39, 0.29) is 12.5 Å². The molecule has 5 nitrogen and oxygen atoms in total. The van der Waals surface area contributed by atoms with Crippen LogP contribution in [0.5, 0.6) is 5.75 Å². The van der Waals surface area contributed by atoms with Crippen LogP contribution < -0.4 is 10.1 Å². The highest BCUT2D eigenvalue weighted by Crippen LogP contribution is 2.16. The predicted octanol–water partition coefficient (Wildman–Crippen LogP) is 0.557. The van der Waals surface area contributed by atoms with Gasteiger partial charge in [-0.3, -0.25) is 9.69 Å². The van der Waals surface area contributed by atoms with Gasteiger partial charge in [0.05, 0.1) is 0 Å². The van der Waals surface area contributed by atoms with Gasteiger partial charge in [0.2, 0.25) is 5.91 Å². The predicted molar refractivity (Wildman–Crippen MR) is 76.7 cm³/mol. The summed E-state index contributed by atoms with van der Waals surface area (Å²) in [6, 6.07) is 7.75. The molecular weight excluding hydrogens is 256 g/mol. The Bertz CT molecular complexity index is 450. The molecule has 0 aromatic heterocycles. The van der Waals surface area contributed by atoms with Crippen molar-refractivity contribution in [2.24, 2.45) is 0 Å². The molecule has 0 aliphatic carbocycles. The fraction of sp³-hybridized carbons (Fsp3) is 0.533. The summed E-state index contributed by atoms with van der Waals surface area (Å²) >= 11 is 0. The van der Waals surface area contributed by atoms with Crippen LogP contribution in [0.3, 0.4) is 0 Å². The minimum absolute atomic E-state index is 0.0816. The van der Waals surface area contributed by atoms with Gasteiger partial charge in [-0.15, -0.1) is 0 Å². The van der Waals surface area contributed by atoms with Gasteiger partial charge in [-0.25, -0.2) is 0 Å². The molecule has 1 fully saturated rings. The van der Waals surface area contributed by atoms with Crippen LogP contribution in [-0.4, -0.2) is 54.8 Å². The maximum Gasteiger partial charge on any atom is 0.221 e. The third-order valence-corrected chi connectivity index (χ3v) is 3.40. The fourth-order valence-corrected chi connectivity index (χ4v) is 2.25. The Morgan fingerprint density at radius 2 is 2.20 bits per heavy atom. The van der Waals surface area contributed by atoms with Gasteiger partial charge in [-0.05, 0) is 18.6 Å². The zero-order valence-corrected chi connectivity index (χ0v) is 11.8. The van der Waals surface area contributed by atoms with E-state index in [1.807, 2.05) is 31.2 Å². The highest BCUT2D eigenvalue weighted by atomic mass is 16.5. The quantitative estimate of drug-likeness (QED) is 0.826. The van der Waals surface area contributed by atoms with Crippen molar-refractivity contribution in [1.82, 2.24) is 10.2 Å². The van der Waals surface area contributed by atoms with Crippen molar-refractivity contribution >= 4 is 5.91 Å². The number of nitrogens with zero attached hydrogens (tertiary/aromatic N) is 1. The summed E-state index contributed by atoms with van der Waals surface area (Å²) in [5.74, 6) is 0.886. The summed E-state index contributed by atoms with van der Waals surface area (Å²) in [6.45, 7) is 4.88. The molecule has 1 aromatic rings. The molecule has 1 aromatic carbocycles. The van der Waals surface area contributed by atoms with Crippen molar-refractivity contribution < 1.29 is 14.6 Å². The molecule has 0 radical (unpaired) electrons. The van der Waals surface area contributed by atoms with E-state index in [9.17, 15) is 9.90 Å². The van der Waals surface area contributed by atoms with Crippen molar-refractivity contribution in [1.29, 1.82) is 0 Å². The third kappa shape index (κ3) is 4.51. The van der Waals surface area contributed by atoms with Crippen molar-refractivity contribution in [3.8, 4) is 5.75 Å². The van der Waals surface area contributed by atoms with E-state index in [1.165, 1.54) is 0 Å². The fourth-order valence-electron chi connectivity index (χ4n) is 2.25. The number of hydrogen-bond acceptors (Lipinski definition) is 4. The second-order valence-electron chi connectivity index (χ2n) is 5.13. The lowest BCUT2D eigenvalue weighted by Gasteiger charge is -2.22. The Hall–Kier alpha value is -1.59. The van der Waals surface area contributed by atoms with Gasteiger partial charge in [0.25, 0.3) is 0 Å². The van der Waals surface area contributed by atoms with Crippen molar-refractivity contribution in [3.05, 3.63) is 29.8 Å².